The third kappa shape index (κ3) is 5.35. The highest BCUT2D eigenvalue weighted by molar-refractivity contribution is 5.77. The zero-order chi connectivity index (χ0) is 16.8. The molecule has 0 spiro atoms. The van der Waals surface area contributed by atoms with E-state index < -0.39 is 0 Å². The van der Waals surface area contributed by atoms with Gasteiger partial charge < -0.3 is 19.9 Å². The Balaban J connectivity index is 1.41. The molecule has 0 bridgehead atoms. The Morgan fingerprint density at radius 1 is 1.25 bits per heavy atom. The van der Waals surface area contributed by atoms with E-state index in [4.69, 9.17) is 4.74 Å². The summed E-state index contributed by atoms with van der Waals surface area (Å²) < 4.78 is 5.61. The van der Waals surface area contributed by atoms with E-state index in [1.165, 1.54) is 10.5 Å². The molecule has 2 aliphatic rings. The van der Waals surface area contributed by atoms with Crippen molar-refractivity contribution in [1.82, 2.24) is 5.32 Å². The molecule has 3 rings (SSSR count). The smallest absolute Gasteiger partial charge is 0.275 e. The third-order valence-corrected chi connectivity index (χ3v) is 4.74. The summed E-state index contributed by atoms with van der Waals surface area (Å²) in [5, 5.41) is 3.09. The van der Waals surface area contributed by atoms with Gasteiger partial charge in [-0.15, -0.1) is 0 Å². The summed E-state index contributed by atoms with van der Waals surface area (Å²) in [4.78, 5) is 14.9. The lowest BCUT2D eigenvalue weighted by Crippen LogP contribution is -3.28. The summed E-state index contributed by atoms with van der Waals surface area (Å²) in [6.45, 7) is 10.2. The van der Waals surface area contributed by atoms with Crippen molar-refractivity contribution < 1.29 is 19.3 Å². The Bertz CT molecular complexity index is 563. The van der Waals surface area contributed by atoms with Crippen LogP contribution in [0.2, 0.25) is 0 Å². The van der Waals surface area contributed by atoms with Gasteiger partial charge in [-0.05, 0) is 25.0 Å². The van der Waals surface area contributed by atoms with Gasteiger partial charge in [-0.2, -0.15) is 0 Å². The molecular weight excluding hydrogens is 302 g/mol. The molecule has 1 aromatic carbocycles. The number of nitrogens with one attached hydrogen (secondary N) is 3. The van der Waals surface area contributed by atoms with E-state index in [-0.39, 0.29) is 5.91 Å². The predicted octanol–water partition coefficient (Wildman–Crippen LogP) is -1.19. The first-order valence-corrected chi connectivity index (χ1v) is 9.02. The van der Waals surface area contributed by atoms with Crippen molar-refractivity contribution in [1.29, 1.82) is 0 Å². The van der Waals surface area contributed by atoms with Gasteiger partial charge in [0.25, 0.3) is 5.91 Å². The zero-order valence-corrected chi connectivity index (χ0v) is 14.4. The van der Waals surface area contributed by atoms with Crippen molar-refractivity contribution in [3.05, 3.63) is 42.5 Å². The summed E-state index contributed by atoms with van der Waals surface area (Å²) >= 11 is 0. The standard InChI is InChI=1S/C19H27N3O2/c1-2-12-24-18-5-3-4-16(13-18)14-21-8-10-22(11-9-21)15-19(23)20-17-6-7-17/h2-5,13,17H,1,6-12,14-15H2,(H,20,23)/p+2. The molecule has 1 aliphatic carbocycles. The average molecular weight is 331 g/mol. The van der Waals surface area contributed by atoms with Crippen LogP contribution in [0.15, 0.2) is 36.9 Å². The maximum atomic E-state index is 11.9. The number of hydrogen-bond acceptors (Lipinski definition) is 2. The Kier molecular flexibility index (Phi) is 5.88. The first-order valence-electron chi connectivity index (χ1n) is 9.02. The van der Waals surface area contributed by atoms with Crippen molar-refractivity contribution >= 4 is 5.91 Å². The minimum atomic E-state index is 0.225. The molecule has 0 radical (unpaired) electrons. The van der Waals surface area contributed by atoms with Gasteiger partial charge in [0.05, 0.1) is 0 Å². The SMILES string of the molecule is C=CCOc1cccc(C[NH+]2CC[NH+](CC(=O)NC3CC3)CC2)c1. The van der Waals surface area contributed by atoms with Gasteiger partial charge in [-0.25, -0.2) is 0 Å². The van der Waals surface area contributed by atoms with Gasteiger partial charge >= 0.3 is 0 Å². The lowest BCUT2D eigenvalue weighted by atomic mass is 10.2. The van der Waals surface area contributed by atoms with Crippen LogP contribution in [0.3, 0.4) is 0 Å². The first kappa shape index (κ1) is 17.0. The Morgan fingerprint density at radius 3 is 2.71 bits per heavy atom. The second kappa shape index (κ2) is 8.31. The minimum Gasteiger partial charge on any atom is -0.490 e. The van der Waals surface area contributed by atoms with E-state index in [2.05, 4.69) is 30.1 Å². The van der Waals surface area contributed by atoms with Crippen LogP contribution in [0, 0.1) is 0 Å². The molecule has 1 heterocycles. The molecule has 1 saturated heterocycles. The van der Waals surface area contributed by atoms with Gasteiger partial charge in [-0.3, -0.25) is 4.79 Å². The molecule has 5 heteroatoms. The second-order valence-electron chi connectivity index (χ2n) is 6.94. The number of carbonyl (C=O) groups is 1. The third-order valence-electron chi connectivity index (χ3n) is 4.74. The summed E-state index contributed by atoms with van der Waals surface area (Å²) in [5.41, 5.74) is 1.31. The van der Waals surface area contributed by atoms with Gasteiger partial charge in [0.15, 0.2) is 6.54 Å². The molecule has 24 heavy (non-hydrogen) atoms. The zero-order valence-electron chi connectivity index (χ0n) is 14.4. The van der Waals surface area contributed by atoms with Crippen molar-refractivity contribution in [3.63, 3.8) is 0 Å². The van der Waals surface area contributed by atoms with Crippen LogP contribution >= 0.6 is 0 Å². The van der Waals surface area contributed by atoms with E-state index in [0.29, 0.717) is 19.2 Å². The Hall–Kier alpha value is -1.85. The van der Waals surface area contributed by atoms with Crippen molar-refractivity contribution in [2.24, 2.45) is 0 Å². The fourth-order valence-electron chi connectivity index (χ4n) is 3.23. The fraction of sp³-hybridized carbons (Fsp3) is 0.526. The molecule has 1 saturated carbocycles. The maximum Gasteiger partial charge on any atom is 0.275 e. The summed E-state index contributed by atoms with van der Waals surface area (Å²) in [7, 11) is 0. The van der Waals surface area contributed by atoms with Gasteiger partial charge in [0.2, 0.25) is 0 Å². The van der Waals surface area contributed by atoms with E-state index >= 15 is 0 Å². The molecule has 0 atom stereocenters. The average Bonchev–Trinajstić information content (AvgIpc) is 3.39. The van der Waals surface area contributed by atoms with E-state index in [0.717, 1.165) is 51.3 Å². The van der Waals surface area contributed by atoms with E-state index in [9.17, 15) is 4.79 Å². The lowest BCUT2D eigenvalue weighted by molar-refractivity contribution is -1.02. The molecule has 5 nitrogen and oxygen atoms in total. The number of piperazine rings is 1. The number of benzene rings is 1. The van der Waals surface area contributed by atoms with Crippen LogP contribution in [-0.2, 0) is 11.3 Å². The largest absolute Gasteiger partial charge is 0.490 e. The second-order valence-corrected chi connectivity index (χ2v) is 6.94. The number of carbonyl (C=O) groups excluding carboxylic acids is 1. The first-order chi connectivity index (χ1) is 11.7. The highest BCUT2D eigenvalue weighted by atomic mass is 16.5. The van der Waals surface area contributed by atoms with Crippen molar-refractivity contribution in [2.75, 3.05) is 39.3 Å². The summed E-state index contributed by atoms with van der Waals surface area (Å²) in [6, 6.07) is 8.80. The van der Waals surface area contributed by atoms with Gasteiger partial charge in [-0.1, -0.05) is 24.8 Å². The van der Waals surface area contributed by atoms with Crippen LogP contribution in [0.5, 0.6) is 5.75 Å². The van der Waals surface area contributed by atoms with E-state index in [1.807, 2.05) is 6.07 Å². The maximum absolute atomic E-state index is 11.9. The molecule has 1 aliphatic heterocycles. The van der Waals surface area contributed by atoms with Crippen LogP contribution in [0.4, 0.5) is 0 Å². The van der Waals surface area contributed by atoms with Crippen molar-refractivity contribution in [2.45, 2.75) is 25.4 Å². The Morgan fingerprint density at radius 2 is 2.00 bits per heavy atom. The van der Waals surface area contributed by atoms with Crippen LogP contribution < -0.4 is 19.9 Å². The number of amides is 1. The molecule has 3 N–H and O–H groups in total. The van der Waals surface area contributed by atoms with Crippen LogP contribution in [0.25, 0.3) is 0 Å². The quantitative estimate of drug-likeness (QED) is 0.525. The Labute approximate surface area is 144 Å². The minimum absolute atomic E-state index is 0.225. The van der Waals surface area contributed by atoms with Crippen molar-refractivity contribution in [3.8, 4) is 5.75 Å². The van der Waals surface area contributed by atoms with Crippen LogP contribution in [-0.4, -0.2) is 51.3 Å². The normalized spacial score (nSPS) is 23.5. The monoisotopic (exact) mass is 331 g/mol. The molecule has 1 amide bonds. The highest BCUT2D eigenvalue weighted by Crippen LogP contribution is 2.18. The summed E-state index contributed by atoms with van der Waals surface area (Å²) in [6.07, 6.45) is 4.09. The molecular formula is C19H29N3O2+2. The molecule has 2 fully saturated rings. The number of ether oxygens (including phenoxy) is 1. The number of rotatable bonds is 8. The van der Waals surface area contributed by atoms with Crippen LogP contribution in [0.1, 0.15) is 18.4 Å². The molecule has 130 valence electrons. The molecule has 1 aromatic rings. The van der Waals surface area contributed by atoms with Gasteiger partial charge in [0.1, 0.15) is 45.1 Å². The highest BCUT2D eigenvalue weighted by Gasteiger charge is 2.28. The van der Waals surface area contributed by atoms with E-state index in [1.54, 1.807) is 11.0 Å². The topological polar surface area (TPSA) is 47.2 Å². The van der Waals surface area contributed by atoms with Gasteiger partial charge in [0, 0.05) is 11.6 Å². The number of quaternary nitrogens is 2. The summed E-state index contributed by atoms with van der Waals surface area (Å²) in [5.74, 6) is 1.14. The lowest BCUT2D eigenvalue weighted by Gasteiger charge is -2.29. The molecule has 0 aromatic heterocycles. The fourth-order valence-corrected chi connectivity index (χ4v) is 3.23. The molecule has 0 unspecified atom stereocenters. The predicted molar refractivity (Wildman–Crippen MR) is 93.3 cm³/mol. The number of hydrogen-bond donors (Lipinski definition) is 3.